The Bertz CT molecular complexity index is 815. The second kappa shape index (κ2) is 11.0. The molecule has 0 bridgehead atoms. The number of hydrogen-bond acceptors (Lipinski definition) is 4. The number of likely N-dealkylation sites (tertiary alicyclic amines) is 1. The van der Waals surface area contributed by atoms with Gasteiger partial charge < -0.3 is 19.9 Å². The molecule has 32 heavy (non-hydrogen) atoms. The Balaban J connectivity index is 1.56. The van der Waals surface area contributed by atoms with Crippen LogP contribution < -0.4 is 5.32 Å². The van der Waals surface area contributed by atoms with Crippen molar-refractivity contribution in [3.8, 4) is 0 Å². The lowest BCUT2D eigenvalue weighted by Gasteiger charge is -2.35. The SMILES string of the molecule is CCOC(=O)c1c(C)[nH]c(C(=O)N2CCC([C@@H](C)C(=O)NC3CCCCCC3)CC2)c1C. The fourth-order valence-electron chi connectivity index (χ4n) is 5.20. The Hall–Kier alpha value is -2.31. The maximum atomic E-state index is 13.1. The third-order valence-electron chi connectivity index (χ3n) is 7.28. The molecule has 1 atom stereocenters. The molecule has 1 saturated heterocycles. The van der Waals surface area contributed by atoms with E-state index in [1.54, 1.807) is 20.8 Å². The van der Waals surface area contributed by atoms with Crippen molar-refractivity contribution in [1.29, 1.82) is 0 Å². The minimum absolute atomic E-state index is 0.0413. The van der Waals surface area contributed by atoms with Crippen molar-refractivity contribution < 1.29 is 19.1 Å². The van der Waals surface area contributed by atoms with Crippen LogP contribution in [0.1, 0.15) is 97.3 Å². The van der Waals surface area contributed by atoms with Crippen molar-refractivity contribution in [1.82, 2.24) is 15.2 Å². The fourth-order valence-corrected chi connectivity index (χ4v) is 5.20. The molecular formula is C25H39N3O4. The number of amides is 2. The molecule has 3 rings (SSSR count). The normalized spacial score (nSPS) is 19.3. The Morgan fingerprint density at radius 1 is 1.06 bits per heavy atom. The Morgan fingerprint density at radius 3 is 2.28 bits per heavy atom. The number of aromatic nitrogens is 1. The molecule has 2 fully saturated rings. The van der Waals surface area contributed by atoms with Gasteiger partial charge in [-0.15, -0.1) is 0 Å². The number of nitrogens with one attached hydrogen (secondary N) is 2. The fraction of sp³-hybridized carbons (Fsp3) is 0.720. The van der Waals surface area contributed by atoms with Crippen LogP contribution in [0.25, 0.3) is 0 Å². The molecule has 0 aromatic carbocycles. The predicted molar refractivity (Wildman–Crippen MR) is 124 cm³/mol. The van der Waals surface area contributed by atoms with Crippen molar-refractivity contribution in [2.75, 3.05) is 19.7 Å². The number of piperidine rings is 1. The monoisotopic (exact) mass is 445 g/mol. The first-order valence-corrected chi connectivity index (χ1v) is 12.3. The van der Waals surface area contributed by atoms with Crippen molar-refractivity contribution >= 4 is 17.8 Å². The Labute approximate surface area is 191 Å². The Morgan fingerprint density at radius 2 is 1.69 bits per heavy atom. The minimum Gasteiger partial charge on any atom is -0.462 e. The number of nitrogens with zero attached hydrogens (tertiary/aromatic N) is 1. The summed E-state index contributed by atoms with van der Waals surface area (Å²) in [5.74, 6) is -0.0800. The van der Waals surface area contributed by atoms with E-state index in [4.69, 9.17) is 4.74 Å². The zero-order chi connectivity index (χ0) is 23.3. The van der Waals surface area contributed by atoms with E-state index in [-0.39, 0.29) is 23.7 Å². The molecule has 1 aliphatic heterocycles. The molecule has 7 nitrogen and oxygen atoms in total. The van der Waals surface area contributed by atoms with Crippen LogP contribution in [0.5, 0.6) is 0 Å². The molecule has 2 heterocycles. The van der Waals surface area contributed by atoms with Gasteiger partial charge in [0.2, 0.25) is 5.91 Å². The van der Waals surface area contributed by atoms with E-state index < -0.39 is 5.97 Å². The summed E-state index contributed by atoms with van der Waals surface area (Å²) >= 11 is 0. The molecule has 7 heteroatoms. The van der Waals surface area contributed by atoms with Crippen LogP contribution in [0.15, 0.2) is 0 Å². The third-order valence-corrected chi connectivity index (χ3v) is 7.28. The molecule has 1 aromatic rings. The molecule has 0 spiro atoms. The Kier molecular flexibility index (Phi) is 8.38. The van der Waals surface area contributed by atoms with Gasteiger partial charge in [-0.1, -0.05) is 32.6 Å². The minimum atomic E-state index is -0.398. The van der Waals surface area contributed by atoms with Gasteiger partial charge in [-0.05, 0) is 57.9 Å². The third kappa shape index (κ3) is 5.54. The van der Waals surface area contributed by atoms with Gasteiger partial charge in [0.25, 0.3) is 5.91 Å². The smallest absolute Gasteiger partial charge is 0.340 e. The number of H-pyrrole nitrogens is 1. The van der Waals surface area contributed by atoms with Gasteiger partial charge in [0.05, 0.1) is 12.2 Å². The van der Waals surface area contributed by atoms with Crippen LogP contribution in [0.2, 0.25) is 0 Å². The summed E-state index contributed by atoms with van der Waals surface area (Å²) in [6.45, 7) is 8.91. The summed E-state index contributed by atoms with van der Waals surface area (Å²) in [7, 11) is 0. The van der Waals surface area contributed by atoms with Crippen LogP contribution >= 0.6 is 0 Å². The number of aryl methyl sites for hydroxylation is 1. The average molecular weight is 446 g/mol. The first kappa shape index (κ1) is 24.3. The summed E-state index contributed by atoms with van der Waals surface area (Å²) in [4.78, 5) is 43.1. The number of carbonyl (C=O) groups excluding carboxylic acids is 3. The van der Waals surface area contributed by atoms with Crippen molar-refractivity contribution in [3.63, 3.8) is 0 Å². The molecule has 0 unspecified atom stereocenters. The lowest BCUT2D eigenvalue weighted by Crippen LogP contribution is -2.44. The van der Waals surface area contributed by atoms with Crippen LogP contribution in [0.3, 0.4) is 0 Å². The van der Waals surface area contributed by atoms with Gasteiger partial charge in [-0.25, -0.2) is 4.79 Å². The second-order valence-electron chi connectivity index (χ2n) is 9.46. The highest BCUT2D eigenvalue weighted by atomic mass is 16.5. The van der Waals surface area contributed by atoms with E-state index in [2.05, 4.69) is 10.3 Å². The number of ether oxygens (including phenoxy) is 1. The zero-order valence-corrected chi connectivity index (χ0v) is 20.1. The predicted octanol–water partition coefficient (Wildman–Crippen LogP) is 4.14. The molecule has 2 amide bonds. The number of hydrogen-bond donors (Lipinski definition) is 2. The highest BCUT2D eigenvalue weighted by Gasteiger charge is 2.32. The van der Waals surface area contributed by atoms with Crippen molar-refractivity contribution in [2.24, 2.45) is 11.8 Å². The van der Waals surface area contributed by atoms with Gasteiger partial charge in [-0.2, -0.15) is 0 Å². The average Bonchev–Trinajstić information content (AvgIpc) is 2.93. The maximum absolute atomic E-state index is 13.1. The van der Waals surface area contributed by atoms with E-state index in [9.17, 15) is 14.4 Å². The summed E-state index contributed by atoms with van der Waals surface area (Å²) in [6.07, 6.45) is 8.76. The highest BCUT2D eigenvalue weighted by Crippen LogP contribution is 2.28. The number of carbonyl (C=O) groups is 3. The van der Waals surface area contributed by atoms with E-state index in [1.807, 2.05) is 11.8 Å². The van der Waals surface area contributed by atoms with Crippen LogP contribution in [-0.4, -0.2) is 53.4 Å². The summed E-state index contributed by atoms with van der Waals surface area (Å²) in [6, 6.07) is 0.321. The van der Waals surface area contributed by atoms with E-state index in [0.29, 0.717) is 48.3 Å². The molecule has 178 valence electrons. The van der Waals surface area contributed by atoms with Gasteiger partial charge >= 0.3 is 5.97 Å². The molecule has 1 aliphatic carbocycles. The van der Waals surface area contributed by atoms with Crippen LogP contribution in [-0.2, 0) is 9.53 Å². The van der Waals surface area contributed by atoms with Gasteiger partial charge in [0, 0.05) is 30.7 Å². The number of aromatic amines is 1. The zero-order valence-electron chi connectivity index (χ0n) is 20.1. The lowest BCUT2D eigenvalue weighted by molar-refractivity contribution is -0.127. The first-order valence-electron chi connectivity index (χ1n) is 12.3. The molecule has 2 N–H and O–H groups in total. The number of esters is 1. The summed E-state index contributed by atoms with van der Waals surface area (Å²) in [5, 5.41) is 3.28. The van der Waals surface area contributed by atoms with Crippen molar-refractivity contribution in [2.45, 2.75) is 85.1 Å². The lowest BCUT2D eigenvalue weighted by atomic mass is 9.84. The van der Waals surface area contributed by atoms with Gasteiger partial charge in [0.1, 0.15) is 5.69 Å². The van der Waals surface area contributed by atoms with Gasteiger partial charge in [-0.3, -0.25) is 9.59 Å². The molecular weight excluding hydrogens is 406 g/mol. The van der Waals surface area contributed by atoms with Crippen LogP contribution in [0.4, 0.5) is 0 Å². The quantitative estimate of drug-likeness (QED) is 0.509. The number of rotatable bonds is 6. The van der Waals surface area contributed by atoms with Gasteiger partial charge in [0.15, 0.2) is 0 Å². The van der Waals surface area contributed by atoms with E-state index in [0.717, 1.165) is 25.7 Å². The topological polar surface area (TPSA) is 91.5 Å². The largest absolute Gasteiger partial charge is 0.462 e. The van der Waals surface area contributed by atoms with Crippen molar-refractivity contribution in [3.05, 3.63) is 22.5 Å². The standard InChI is InChI=1S/C25H39N3O4/c1-5-32-25(31)21-17(3)22(26-18(21)4)24(30)28-14-12-19(13-15-28)16(2)23(29)27-20-10-8-6-7-9-11-20/h16,19-20,26H,5-15H2,1-4H3,(H,27,29)/t16-/m1/s1. The van der Waals surface area contributed by atoms with E-state index in [1.165, 1.54) is 25.7 Å². The van der Waals surface area contributed by atoms with E-state index >= 15 is 0 Å². The summed E-state index contributed by atoms with van der Waals surface area (Å²) in [5.41, 5.74) is 2.21. The summed E-state index contributed by atoms with van der Waals surface area (Å²) < 4.78 is 5.13. The highest BCUT2D eigenvalue weighted by molar-refractivity contribution is 6.00. The second-order valence-corrected chi connectivity index (χ2v) is 9.46. The first-order chi connectivity index (χ1) is 15.3. The van der Waals surface area contributed by atoms with Crippen LogP contribution in [0, 0.1) is 25.7 Å². The maximum Gasteiger partial charge on any atom is 0.340 e. The molecule has 1 saturated carbocycles. The molecule has 1 aromatic heterocycles. The molecule has 2 aliphatic rings. The molecule has 0 radical (unpaired) electrons.